The average molecular weight is 351 g/mol. The van der Waals surface area contributed by atoms with E-state index in [1.807, 2.05) is 25.1 Å². The number of aryl methyl sites for hydroxylation is 1. The van der Waals surface area contributed by atoms with E-state index in [0.29, 0.717) is 24.3 Å². The van der Waals surface area contributed by atoms with Gasteiger partial charge in [-0.3, -0.25) is 19.7 Å². The van der Waals surface area contributed by atoms with Crippen molar-refractivity contribution in [3.05, 3.63) is 47.4 Å². The molecule has 132 valence electrons. The first-order valence-corrected chi connectivity index (χ1v) is 8.34. The molecule has 2 aliphatic rings. The molecular weight excluding hydrogens is 334 g/mol. The Bertz CT molecular complexity index is 927. The summed E-state index contributed by atoms with van der Waals surface area (Å²) < 4.78 is 0. The molecule has 0 aliphatic carbocycles. The fraction of sp³-hybridized carbons (Fsp3) is 0.278. The summed E-state index contributed by atoms with van der Waals surface area (Å²) in [5, 5.41) is 5.46. The van der Waals surface area contributed by atoms with Crippen LogP contribution in [0.3, 0.4) is 0 Å². The Kier molecular flexibility index (Phi) is 3.87. The molecule has 8 nitrogen and oxygen atoms in total. The number of benzene rings is 1. The van der Waals surface area contributed by atoms with E-state index in [9.17, 15) is 14.4 Å². The summed E-state index contributed by atoms with van der Waals surface area (Å²) in [6.45, 7) is 2.24. The Labute approximate surface area is 149 Å². The number of aromatic nitrogens is 2. The van der Waals surface area contributed by atoms with Gasteiger partial charge in [-0.25, -0.2) is 9.97 Å². The topological polar surface area (TPSA) is 104 Å². The number of nitrogens with one attached hydrogen (secondary N) is 2. The first-order valence-electron chi connectivity index (χ1n) is 8.34. The first kappa shape index (κ1) is 16.2. The lowest BCUT2D eigenvalue weighted by atomic mass is 10.0. The van der Waals surface area contributed by atoms with Crippen molar-refractivity contribution in [2.24, 2.45) is 0 Å². The van der Waals surface area contributed by atoms with Crippen molar-refractivity contribution < 1.29 is 14.4 Å². The number of anilines is 2. The lowest BCUT2D eigenvalue weighted by Crippen LogP contribution is -2.52. The Balaban J connectivity index is 1.55. The molecule has 1 unspecified atom stereocenters. The van der Waals surface area contributed by atoms with Crippen LogP contribution in [0.5, 0.6) is 0 Å². The number of nitrogens with zero attached hydrogens (tertiary/aromatic N) is 3. The van der Waals surface area contributed by atoms with Crippen LogP contribution in [0.1, 0.15) is 34.5 Å². The minimum absolute atomic E-state index is 0.197. The molecule has 1 aromatic heterocycles. The summed E-state index contributed by atoms with van der Waals surface area (Å²) in [4.78, 5) is 45.9. The van der Waals surface area contributed by atoms with Crippen LogP contribution in [0.15, 0.2) is 30.6 Å². The molecule has 1 atom stereocenters. The summed E-state index contributed by atoms with van der Waals surface area (Å²) in [5.41, 5.74) is 3.00. The van der Waals surface area contributed by atoms with E-state index in [1.54, 1.807) is 6.07 Å². The molecule has 0 saturated carbocycles. The van der Waals surface area contributed by atoms with Gasteiger partial charge in [-0.15, -0.1) is 0 Å². The number of amides is 3. The number of imide groups is 1. The predicted octanol–water partition coefficient (Wildman–Crippen LogP) is 1.29. The monoisotopic (exact) mass is 351 g/mol. The molecule has 0 radical (unpaired) electrons. The average Bonchev–Trinajstić information content (AvgIpc) is 2.92. The minimum atomic E-state index is -0.603. The Morgan fingerprint density at radius 1 is 1.19 bits per heavy atom. The highest BCUT2D eigenvalue weighted by atomic mass is 16.2. The van der Waals surface area contributed by atoms with Crippen LogP contribution in [0, 0.1) is 6.92 Å². The third-order valence-corrected chi connectivity index (χ3v) is 4.60. The van der Waals surface area contributed by atoms with Crippen molar-refractivity contribution in [1.82, 2.24) is 20.2 Å². The molecule has 4 rings (SSSR count). The maximum absolute atomic E-state index is 12.8. The molecule has 1 saturated heterocycles. The SMILES string of the molecule is Cc1cc(Nc2ccc3c(c2)C(=O)N(C2CCC(=O)NC2=O)C3)ncn1. The largest absolute Gasteiger partial charge is 0.340 e. The van der Waals surface area contributed by atoms with Gasteiger partial charge in [0.15, 0.2) is 0 Å². The van der Waals surface area contributed by atoms with E-state index in [0.717, 1.165) is 16.9 Å². The number of rotatable bonds is 3. The number of hydrogen-bond donors (Lipinski definition) is 2. The van der Waals surface area contributed by atoms with Crippen molar-refractivity contribution in [1.29, 1.82) is 0 Å². The van der Waals surface area contributed by atoms with Crippen LogP contribution in [0.2, 0.25) is 0 Å². The van der Waals surface area contributed by atoms with Gasteiger partial charge < -0.3 is 10.2 Å². The van der Waals surface area contributed by atoms with Crippen LogP contribution < -0.4 is 10.6 Å². The summed E-state index contributed by atoms with van der Waals surface area (Å²) in [7, 11) is 0. The van der Waals surface area contributed by atoms with Crippen molar-refractivity contribution in [3.63, 3.8) is 0 Å². The van der Waals surface area contributed by atoms with Gasteiger partial charge in [0, 0.05) is 36.0 Å². The fourth-order valence-electron chi connectivity index (χ4n) is 3.30. The molecule has 1 aromatic carbocycles. The van der Waals surface area contributed by atoms with Crippen LogP contribution >= 0.6 is 0 Å². The van der Waals surface area contributed by atoms with Crippen molar-refractivity contribution >= 4 is 29.2 Å². The quantitative estimate of drug-likeness (QED) is 0.808. The molecule has 8 heteroatoms. The second-order valence-corrected chi connectivity index (χ2v) is 6.44. The van der Waals surface area contributed by atoms with E-state index in [-0.39, 0.29) is 18.2 Å². The zero-order valence-electron chi connectivity index (χ0n) is 14.2. The van der Waals surface area contributed by atoms with E-state index < -0.39 is 11.9 Å². The molecule has 2 N–H and O–H groups in total. The molecule has 2 aromatic rings. The molecule has 26 heavy (non-hydrogen) atoms. The number of piperidine rings is 1. The normalized spacial score (nSPS) is 19.3. The number of hydrogen-bond acceptors (Lipinski definition) is 6. The zero-order valence-corrected chi connectivity index (χ0v) is 14.2. The second kappa shape index (κ2) is 6.21. The van der Waals surface area contributed by atoms with E-state index in [1.165, 1.54) is 11.2 Å². The highest BCUT2D eigenvalue weighted by Gasteiger charge is 2.39. The predicted molar refractivity (Wildman–Crippen MR) is 92.5 cm³/mol. The van der Waals surface area contributed by atoms with Gasteiger partial charge >= 0.3 is 0 Å². The van der Waals surface area contributed by atoms with Crippen LogP contribution in [0.4, 0.5) is 11.5 Å². The van der Waals surface area contributed by atoms with Gasteiger partial charge in [-0.05, 0) is 31.0 Å². The van der Waals surface area contributed by atoms with E-state index in [2.05, 4.69) is 20.6 Å². The molecule has 0 spiro atoms. The molecule has 3 amide bonds. The van der Waals surface area contributed by atoms with Crippen molar-refractivity contribution in [2.45, 2.75) is 32.4 Å². The smallest absolute Gasteiger partial charge is 0.255 e. The number of carbonyl (C=O) groups excluding carboxylic acids is 3. The molecule has 2 aliphatic heterocycles. The maximum atomic E-state index is 12.8. The lowest BCUT2D eigenvalue weighted by molar-refractivity contribution is -0.136. The van der Waals surface area contributed by atoms with Crippen LogP contribution in [-0.4, -0.2) is 38.6 Å². The summed E-state index contributed by atoms with van der Waals surface area (Å²) >= 11 is 0. The summed E-state index contributed by atoms with van der Waals surface area (Å²) in [6, 6.07) is 6.71. The summed E-state index contributed by atoms with van der Waals surface area (Å²) in [5.74, 6) is -0.249. The van der Waals surface area contributed by atoms with Crippen molar-refractivity contribution in [3.8, 4) is 0 Å². The second-order valence-electron chi connectivity index (χ2n) is 6.44. The lowest BCUT2D eigenvalue weighted by Gasteiger charge is -2.29. The number of carbonyl (C=O) groups is 3. The van der Waals surface area contributed by atoms with E-state index >= 15 is 0 Å². The van der Waals surface area contributed by atoms with Gasteiger partial charge in [-0.2, -0.15) is 0 Å². The van der Waals surface area contributed by atoms with Gasteiger partial charge in [-0.1, -0.05) is 6.07 Å². The third kappa shape index (κ3) is 2.90. The van der Waals surface area contributed by atoms with E-state index in [4.69, 9.17) is 0 Å². The zero-order chi connectivity index (χ0) is 18.3. The van der Waals surface area contributed by atoms with Crippen LogP contribution in [0.25, 0.3) is 0 Å². The standard InChI is InChI=1S/C18H17N5O3/c1-10-6-15(20-9-19-10)21-12-3-2-11-8-23(18(26)13(11)7-12)14-4-5-16(24)22-17(14)25/h2-3,6-7,9,14H,4-5,8H2,1H3,(H,19,20,21)(H,22,24,25). The van der Waals surface area contributed by atoms with Gasteiger partial charge in [0.1, 0.15) is 18.2 Å². The molecule has 1 fully saturated rings. The highest BCUT2D eigenvalue weighted by molar-refractivity contribution is 6.05. The molecule has 3 heterocycles. The maximum Gasteiger partial charge on any atom is 0.255 e. The molecule has 0 bridgehead atoms. The third-order valence-electron chi connectivity index (χ3n) is 4.60. The minimum Gasteiger partial charge on any atom is -0.340 e. The summed E-state index contributed by atoms with van der Waals surface area (Å²) in [6.07, 6.45) is 2.08. The Morgan fingerprint density at radius 2 is 2.04 bits per heavy atom. The van der Waals surface area contributed by atoms with Gasteiger partial charge in [0.2, 0.25) is 11.8 Å². The Hall–Kier alpha value is -3.29. The van der Waals surface area contributed by atoms with Crippen molar-refractivity contribution in [2.75, 3.05) is 5.32 Å². The number of fused-ring (bicyclic) bond motifs is 1. The first-order chi connectivity index (χ1) is 12.5. The molecular formula is C18H17N5O3. The van der Waals surface area contributed by atoms with Gasteiger partial charge in [0.25, 0.3) is 5.91 Å². The fourth-order valence-corrected chi connectivity index (χ4v) is 3.30. The van der Waals surface area contributed by atoms with Gasteiger partial charge in [0.05, 0.1) is 0 Å². The van der Waals surface area contributed by atoms with Crippen LogP contribution in [-0.2, 0) is 16.1 Å². The highest BCUT2D eigenvalue weighted by Crippen LogP contribution is 2.30. The Morgan fingerprint density at radius 3 is 2.81 bits per heavy atom.